The second-order valence-electron chi connectivity index (χ2n) is 7.43. The fourth-order valence-corrected chi connectivity index (χ4v) is 3.25. The van der Waals surface area contributed by atoms with E-state index in [4.69, 9.17) is 0 Å². The maximum absolute atomic E-state index is 12.7. The van der Waals surface area contributed by atoms with Crippen LogP contribution < -0.4 is 10.9 Å². The number of amides is 1. The van der Waals surface area contributed by atoms with Crippen molar-refractivity contribution < 1.29 is 9.90 Å². The van der Waals surface area contributed by atoms with E-state index in [1.165, 1.54) is 4.68 Å². The van der Waals surface area contributed by atoms with Crippen LogP contribution in [0.3, 0.4) is 0 Å². The number of aromatic nitrogens is 4. The van der Waals surface area contributed by atoms with Crippen LogP contribution in [0.2, 0.25) is 0 Å². The highest BCUT2D eigenvalue weighted by Crippen LogP contribution is 2.31. The Bertz CT molecular complexity index is 857. The lowest BCUT2D eigenvalue weighted by Crippen LogP contribution is -2.54. The van der Waals surface area contributed by atoms with E-state index in [0.29, 0.717) is 24.2 Å². The Hall–Kier alpha value is -2.22. The summed E-state index contributed by atoms with van der Waals surface area (Å²) in [6.07, 6.45) is 1.78. The molecule has 0 saturated heterocycles. The highest BCUT2D eigenvalue weighted by Gasteiger charge is 2.39. The summed E-state index contributed by atoms with van der Waals surface area (Å²) < 4.78 is 2.79. The third-order valence-electron chi connectivity index (χ3n) is 4.56. The molecule has 136 valence electrons. The van der Waals surface area contributed by atoms with Crippen LogP contribution >= 0.6 is 0 Å². The first kappa shape index (κ1) is 17.6. The molecule has 3 rings (SSSR count). The van der Waals surface area contributed by atoms with E-state index in [-0.39, 0.29) is 30.0 Å². The molecular formula is C17H25N5O3. The van der Waals surface area contributed by atoms with Gasteiger partial charge in [-0.3, -0.25) is 9.59 Å². The number of hydrogen-bond acceptors (Lipinski definition) is 5. The van der Waals surface area contributed by atoms with Gasteiger partial charge in [-0.05, 0) is 32.3 Å². The molecule has 1 amide bonds. The van der Waals surface area contributed by atoms with Crippen molar-refractivity contribution in [2.75, 3.05) is 0 Å². The summed E-state index contributed by atoms with van der Waals surface area (Å²) in [5.74, 6) is 0.432. The van der Waals surface area contributed by atoms with Gasteiger partial charge in [0.1, 0.15) is 12.1 Å². The fraction of sp³-hybridized carbons (Fsp3) is 0.647. The lowest BCUT2D eigenvalue weighted by atomic mass is 9.77. The average Bonchev–Trinajstić information content (AvgIpc) is 2.92. The minimum absolute atomic E-state index is 0.0480. The second kappa shape index (κ2) is 6.25. The SMILES string of the molecule is CCc1cc2c(=O)n(CC(=O)NC3CC(C)(O)C3)nc(C(C)C)n2n1. The molecule has 8 nitrogen and oxygen atoms in total. The van der Waals surface area contributed by atoms with E-state index in [1.54, 1.807) is 17.5 Å². The number of nitrogens with one attached hydrogen (secondary N) is 1. The zero-order valence-corrected chi connectivity index (χ0v) is 15.1. The lowest BCUT2D eigenvalue weighted by Gasteiger charge is -2.41. The summed E-state index contributed by atoms with van der Waals surface area (Å²) >= 11 is 0. The van der Waals surface area contributed by atoms with Crippen molar-refractivity contribution in [2.45, 2.75) is 71.1 Å². The molecule has 0 radical (unpaired) electrons. The molecule has 1 aliphatic carbocycles. The zero-order valence-electron chi connectivity index (χ0n) is 15.1. The van der Waals surface area contributed by atoms with E-state index in [2.05, 4.69) is 15.5 Å². The van der Waals surface area contributed by atoms with Gasteiger partial charge in [0.2, 0.25) is 5.91 Å². The third kappa shape index (κ3) is 3.44. The van der Waals surface area contributed by atoms with Crippen molar-refractivity contribution in [3.63, 3.8) is 0 Å². The Morgan fingerprint density at radius 3 is 2.68 bits per heavy atom. The van der Waals surface area contributed by atoms with Crippen molar-refractivity contribution in [3.05, 3.63) is 27.9 Å². The van der Waals surface area contributed by atoms with Gasteiger partial charge in [-0.1, -0.05) is 20.8 Å². The first-order chi connectivity index (χ1) is 11.7. The molecule has 1 saturated carbocycles. The normalized spacial score (nSPS) is 23.0. The molecule has 0 unspecified atom stereocenters. The van der Waals surface area contributed by atoms with Crippen LogP contribution in [0.4, 0.5) is 0 Å². The van der Waals surface area contributed by atoms with E-state index in [9.17, 15) is 14.7 Å². The zero-order chi connectivity index (χ0) is 18.4. The largest absolute Gasteiger partial charge is 0.390 e. The molecule has 2 aromatic rings. The van der Waals surface area contributed by atoms with Gasteiger partial charge in [0, 0.05) is 12.0 Å². The molecule has 0 spiro atoms. The molecule has 25 heavy (non-hydrogen) atoms. The van der Waals surface area contributed by atoms with Gasteiger partial charge in [0.25, 0.3) is 5.56 Å². The maximum atomic E-state index is 12.7. The molecule has 1 fully saturated rings. The quantitative estimate of drug-likeness (QED) is 0.825. The third-order valence-corrected chi connectivity index (χ3v) is 4.56. The first-order valence-electron chi connectivity index (χ1n) is 8.71. The molecule has 0 bridgehead atoms. The summed E-state index contributed by atoms with van der Waals surface area (Å²) in [6, 6.07) is 1.71. The summed E-state index contributed by atoms with van der Waals surface area (Å²) in [7, 11) is 0. The summed E-state index contributed by atoms with van der Waals surface area (Å²) in [4.78, 5) is 24.9. The molecule has 2 aromatic heterocycles. The van der Waals surface area contributed by atoms with Crippen LogP contribution in [-0.4, -0.2) is 42.1 Å². The predicted octanol–water partition coefficient (Wildman–Crippen LogP) is 0.606. The number of rotatable bonds is 5. The van der Waals surface area contributed by atoms with Crippen LogP contribution in [0.1, 0.15) is 58.0 Å². The highest BCUT2D eigenvalue weighted by molar-refractivity contribution is 5.76. The average molecular weight is 347 g/mol. The van der Waals surface area contributed by atoms with E-state index in [1.807, 2.05) is 20.8 Å². The van der Waals surface area contributed by atoms with Gasteiger partial charge >= 0.3 is 0 Å². The number of carbonyl (C=O) groups is 1. The fourth-order valence-electron chi connectivity index (χ4n) is 3.25. The molecule has 1 aliphatic rings. The highest BCUT2D eigenvalue weighted by atomic mass is 16.3. The Labute approximate surface area is 145 Å². The van der Waals surface area contributed by atoms with Crippen LogP contribution in [0.5, 0.6) is 0 Å². The number of fused-ring (bicyclic) bond motifs is 1. The van der Waals surface area contributed by atoms with Gasteiger partial charge in [0.15, 0.2) is 5.82 Å². The van der Waals surface area contributed by atoms with Crippen molar-refractivity contribution in [1.29, 1.82) is 0 Å². The molecule has 0 aliphatic heterocycles. The topological polar surface area (TPSA) is 102 Å². The molecule has 2 N–H and O–H groups in total. The minimum atomic E-state index is -0.703. The van der Waals surface area contributed by atoms with E-state index >= 15 is 0 Å². The van der Waals surface area contributed by atoms with Crippen molar-refractivity contribution in [1.82, 2.24) is 24.7 Å². The van der Waals surface area contributed by atoms with Crippen LogP contribution in [0, 0.1) is 0 Å². The Balaban J connectivity index is 1.87. The van der Waals surface area contributed by atoms with Crippen molar-refractivity contribution in [3.8, 4) is 0 Å². The van der Waals surface area contributed by atoms with Gasteiger partial charge < -0.3 is 10.4 Å². The van der Waals surface area contributed by atoms with Crippen LogP contribution in [0.15, 0.2) is 10.9 Å². The number of aryl methyl sites for hydroxylation is 1. The van der Waals surface area contributed by atoms with Crippen molar-refractivity contribution >= 4 is 11.4 Å². The predicted molar refractivity (Wildman–Crippen MR) is 92.5 cm³/mol. The number of carbonyl (C=O) groups excluding carboxylic acids is 1. The van der Waals surface area contributed by atoms with Gasteiger partial charge in [-0.25, -0.2) is 9.20 Å². The smallest absolute Gasteiger partial charge is 0.293 e. The standard InChI is InChI=1S/C17H25N5O3/c1-5-11-6-13-16(24)21(20-15(10(2)3)22(13)19-11)9-14(23)18-12-7-17(4,25)8-12/h6,10,12,25H,5,7-9H2,1-4H3,(H,18,23). The maximum Gasteiger partial charge on any atom is 0.293 e. The van der Waals surface area contributed by atoms with Gasteiger partial charge in [0.05, 0.1) is 11.3 Å². The van der Waals surface area contributed by atoms with Crippen LogP contribution in [-0.2, 0) is 17.8 Å². The molecule has 8 heteroatoms. The van der Waals surface area contributed by atoms with Crippen molar-refractivity contribution in [2.24, 2.45) is 0 Å². The van der Waals surface area contributed by atoms with Gasteiger partial charge in [-0.15, -0.1) is 0 Å². The minimum Gasteiger partial charge on any atom is -0.390 e. The van der Waals surface area contributed by atoms with Crippen LogP contribution in [0.25, 0.3) is 5.52 Å². The van der Waals surface area contributed by atoms with E-state index in [0.717, 1.165) is 12.1 Å². The summed E-state index contributed by atoms with van der Waals surface area (Å²) in [6.45, 7) is 7.53. The molecular weight excluding hydrogens is 322 g/mol. The Morgan fingerprint density at radius 2 is 2.12 bits per heavy atom. The number of hydrogen-bond donors (Lipinski definition) is 2. The Kier molecular flexibility index (Phi) is 4.40. The number of nitrogens with zero attached hydrogens (tertiary/aromatic N) is 4. The monoisotopic (exact) mass is 347 g/mol. The molecule has 2 heterocycles. The molecule has 0 aromatic carbocycles. The second-order valence-corrected chi connectivity index (χ2v) is 7.43. The number of aliphatic hydroxyl groups is 1. The summed E-state index contributed by atoms with van der Waals surface area (Å²) in [5.41, 5.74) is 0.229. The van der Waals surface area contributed by atoms with E-state index < -0.39 is 5.60 Å². The lowest BCUT2D eigenvalue weighted by molar-refractivity contribution is -0.125. The van der Waals surface area contributed by atoms with Gasteiger partial charge in [-0.2, -0.15) is 10.2 Å². The summed E-state index contributed by atoms with van der Waals surface area (Å²) in [5, 5.41) is 21.4. The molecule has 0 atom stereocenters. The first-order valence-corrected chi connectivity index (χ1v) is 8.71. The Morgan fingerprint density at radius 1 is 1.44 bits per heavy atom.